The van der Waals surface area contributed by atoms with Crippen molar-refractivity contribution in [2.45, 2.75) is 64.7 Å². The lowest BCUT2D eigenvalue weighted by atomic mass is 9.85. The third-order valence-electron chi connectivity index (χ3n) is 7.11. The number of carbonyl (C=O) groups excluding carboxylic acids is 2. The smallest absolute Gasteiger partial charge is 0.233 e. The molecule has 4 unspecified atom stereocenters. The molecule has 3 rings (SSSR count). The molecule has 0 aromatic carbocycles. The Hall–Kier alpha value is -1.16. The number of imide groups is 1. The topological polar surface area (TPSA) is 37.4 Å². The van der Waals surface area contributed by atoms with Crippen LogP contribution in [0.25, 0.3) is 0 Å². The molecule has 4 heteroatoms. The minimum atomic E-state index is -0.0455. The molecule has 152 valence electrons. The normalized spacial score (nSPS) is 29.2. The second kappa shape index (κ2) is 8.89. The van der Waals surface area contributed by atoms with E-state index < -0.39 is 0 Å². The van der Waals surface area contributed by atoms with Gasteiger partial charge in [-0.1, -0.05) is 57.6 Å². The number of unbranched alkanes of at least 4 members (excludes halogenated alkanes) is 7. The number of rotatable bonds is 12. The number of hydrogen-bond acceptors (Lipinski definition) is 2. The number of hydrogen-bond donors (Lipinski definition) is 0. The Morgan fingerprint density at radius 2 is 1.37 bits per heavy atom. The van der Waals surface area contributed by atoms with Gasteiger partial charge in [0.1, 0.15) is 0 Å². The first-order valence-corrected chi connectivity index (χ1v) is 11.3. The van der Waals surface area contributed by atoms with E-state index in [0.29, 0.717) is 18.4 Å². The van der Waals surface area contributed by atoms with Crippen molar-refractivity contribution in [2.75, 3.05) is 33.7 Å². The predicted octanol–water partition coefficient (Wildman–Crippen LogP) is 4.01. The summed E-state index contributed by atoms with van der Waals surface area (Å²) in [4.78, 5) is 27.1. The molecular weight excluding hydrogens is 336 g/mol. The average molecular weight is 376 g/mol. The van der Waals surface area contributed by atoms with Gasteiger partial charge in [0.15, 0.2) is 0 Å². The maximum atomic E-state index is 12.8. The number of amides is 2. The van der Waals surface area contributed by atoms with E-state index in [-0.39, 0.29) is 23.7 Å². The van der Waals surface area contributed by atoms with Gasteiger partial charge in [-0.25, -0.2) is 0 Å². The molecule has 2 aliphatic carbocycles. The summed E-state index contributed by atoms with van der Waals surface area (Å²) in [6, 6.07) is 0. The Morgan fingerprint density at radius 1 is 0.852 bits per heavy atom. The van der Waals surface area contributed by atoms with E-state index in [9.17, 15) is 9.59 Å². The van der Waals surface area contributed by atoms with Crippen molar-refractivity contribution in [3.05, 3.63) is 12.2 Å². The van der Waals surface area contributed by atoms with Crippen LogP contribution in [0.15, 0.2) is 12.2 Å². The van der Waals surface area contributed by atoms with Crippen LogP contribution in [0.2, 0.25) is 0 Å². The highest BCUT2D eigenvalue weighted by atomic mass is 16.2. The molecule has 3 aliphatic rings. The van der Waals surface area contributed by atoms with Crippen LogP contribution in [0.4, 0.5) is 0 Å². The summed E-state index contributed by atoms with van der Waals surface area (Å²) in [6.45, 7) is 4.85. The molecule has 4 atom stereocenters. The molecule has 4 nitrogen and oxygen atoms in total. The minimum absolute atomic E-state index is 0.0455. The van der Waals surface area contributed by atoms with Gasteiger partial charge in [0.05, 0.1) is 45.6 Å². The fourth-order valence-corrected chi connectivity index (χ4v) is 5.34. The monoisotopic (exact) mass is 375 g/mol. The van der Waals surface area contributed by atoms with Gasteiger partial charge in [-0.3, -0.25) is 14.5 Å². The van der Waals surface area contributed by atoms with Gasteiger partial charge >= 0.3 is 0 Å². The zero-order valence-corrected chi connectivity index (χ0v) is 17.7. The zero-order chi connectivity index (χ0) is 19.4. The molecule has 0 aromatic rings. The number of nitrogens with zero attached hydrogens (tertiary/aromatic N) is 2. The van der Waals surface area contributed by atoms with E-state index in [4.69, 9.17) is 0 Å². The molecule has 2 amide bonds. The Morgan fingerprint density at radius 3 is 1.93 bits per heavy atom. The number of likely N-dealkylation sites (N-methyl/N-ethyl adjacent to an activating group) is 1. The van der Waals surface area contributed by atoms with E-state index in [2.05, 4.69) is 33.2 Å². The van der Waals surface area contributed by atoms with Gasteiger partial charge < -0.3 is 4.48 Å². The summed E-state index contributed by atoms with van der Waals surface area (Å²) in [5.41, 5.74) is 0. The number of fused-ring (bicyclic) bond motifs is 5. The lowest BCUT2D eigenvalue weighted by Crippen LogP contribution is -2.47. The van der Waals surface area contributed by atoms with E-state index >= 15 is 0 Å². The maximum absolute atomic E-state index is 12.8. The van der Waals surface area contributed by atoms with Crippen LogP contribution in [0, 0.1) is 23.7 Å². The summed E-state index contributed by atoms with van der Waals surface area (Å²) in [6.07, 6.45) is 16.0. The molecule has 2 bridgehead atoms. The number of likely N-dealkylation sites (tertiary alicyclic amines) is 1. The largest absolute Gasteiger partial charge is 0.327 e. The third-order valence-corrected chi connectivity index (χ3v) is 7.11. The SMILES string of the molecule is CCCCCCCCCC[N+](C)(C)CCN1C(=O)C2C3C=CC(C3)C2C1=O. The van der Waals surface area contributed by atoms with Crippen molar-refractivity contribution in [3.63, 3.8) is 0 Å². The summed E-state index contributed by atoms with van der Waals surface area (Å²) in [5, 5.41) is 0. The van der Waals surface area contributed by atoms with E-state index in [1.54, 1.807) is 4.90 Å². The molecule has 1 aliphatic heterocycles. The van der Waals surface area contributed by atoms with E-state index in [1.165, 1.54) is 51.4 Å². The van der Waals surface area contributed by atoms with Crippen LogP contribution in [-0.4, -0.2) is 54.9 Å². The Kier molecular flexibility index (Phi) is 6.78. The first-order chi connectivity index (χ1) is 12.9. The standard InChI is InChI=1S/C23H39N2O2/c1-4-5-6-7-8-9-10-11-15-25(2,3)16-14-24-22(26)20-18-12-13-19(17-18)21(20)23(24)27/h12-13,18-21H,4-11,14-17H2,1-3H3/q+1. The zero-order valence-electron chi connectivity index (χ0n) is 17.7. The summed E-state index contributed by atoms with van der Waals surface area (Å²) >= 11 is 0. The van der Waals surface area contributed by atoms with Crippen molar-refractivity contribution in [2.24, 2.45) is 23.7 Å². The van der Waals surface area contributed by atoms with Gasteiger partial charge in [-0.2, -0.15) is 0 Å². The van der Waals surface area contributed by atoms with Crippen LogP contribution in [0.3, 0.4) is 0 Å². The summed E-state index contributed by atoms with van der Waals surface area (Å²) in [5.74, 6) is 0.761. The van der Waals surface area contributed by atoms with Crippen LogP contribution < -0.4 is 0 Å². The summed E-state index contributed by atoms with van der Waals surface area (Å²) in [7, 11) is 4.47. The van der Waals surface area contributed by atoms with Crippen LogP contribution >= 0.6 is 0 Å². The van der Waals surface area contributed by atoms with Crippen molar-refractivity contribution in [3.8, 4) is 0 Å². The molecule has 1 saturated heterocycles. The minimum Gasteiger partial charge on any atom is -0.327 e. The summed E-state index contributed by atoms with van der Waals surface area (Å²) < 4.78 is 0.896. The lowest BCUT2D eigenvalue weighted by molar-refractivity contribution is -0.889. The highest BCUT2D eigenvalue weighted by molar-refractivity contribution is 6.06. The highest BCUT2D eigenvalue weighted by Gasteiger charge is 2.59. The van der Waals surface area contributed by atoms with Crippen molar-refractivity contribution in [1.29, 1.82) is 0 Å². The fourth-order valence-electron chi connectivity index (χ4n) is 5.34. The second-order valence-electron chi connectivity index (χ2n) is 9.69. The fraction of sp³-hybridized carbons (Fsp3) is 0.826. The van der Waals surface area contributed by atoms with Crippen LogP contribution in [0.5, 0.6) is 0 Å². The Bertz CT molecular complexity index is 539. The van der Waals surface area contributed by atoms with Crippen molar-refractivity contribution < 1.29 is 14.1 Å². The molecule has 0 aromatic heterocycles. The van der Waals surface area contributed by atoms with Gasteiger partial charge in [-0.15, -0.1) is 0 Å². The molecular formula is C23H39N2O2+. The average Bonchev–Trinajstić information content (AvgIpc) is 3.30. The predicted molar refractivity (Wildman–Crippen MR) is 109 cm³/mol. The quantitative estimate of drug-likeness (QED) is 0.224. The molecule has 1 saturated carbocycles. The lowest BCUT2D eigenvalue weighted by Gasteiger charge is -2.31. The Balaban J connectivity index is 1.35. The maximum Gasteiger partial charge on any atom is 0.233 e. The molecule has 27 heavy (non-hydrogen) atoms. The van der Waals surface area contributed by atoms with Gasteiger partial charge in [-0.05, 0) is 31.1 Å². The van der Waals surface area contributed by atoms with Crippen molar-refractivity contribution in [1.82, 2.24) is 4.90 Å². The van der Waals surface area contributed by atoms with Gasteiger partial charge in [0.25, 0.3) is 0 Å². The first-order valence-electron chi connectivity index (χ1n) is 11.3. The molecule has 0 N–H and O–H groups in total. The number of quaternary nitrogens is 1. The van der Waals surface area contributed by atoms with Gasteiger partial charge in [0.2, 0.25) is 11.8 Å². The second-order valence-corrected chi connectivity index (χ2v) is 9.69. The Labute approximate surface area is 165 Å². The van der Waals surface area contributed by atoms with Crippen LogP contribution in [-0.2, 0) is 9.59 Å². The van der Waals surface area contributed by atoms with E-state index in [1.807, 2.05) is 0 Å². The van der Waals surface area contributed by atoms with Gasteiger partial charge in [0, 0.05) is 0 Å². The number of allylic oxidation sites excluding steroid dienone is 2. The molecule has 1 heterocycles. The third kappa shape index (κ3) is 4.64. The first kappa shape index (κ1) is 20.6. The van der Waals surface area contributed by atoms with Crippen LogP contribution in [0.1, 0.15) is 64.7 Å². The highest BCUT2D eigenvalue weighted by Crippen LogP contribution is 2.52. The van der Waals surface area contributed by atoms with E-state index in [0.717, 1.165) is 24.0 Å². The molecule has 0 spiro atoms. The molecule has 0 radical (unpaired) electrons. The van der Waals surface area contributed by atoms with Crippen molar-refractivity contribution >= 4 is 11.8 Å². The number of carbonyl (C=O) groups is 2. The molecule has 2 fully saturated rings.